The number of methoxy groups -OCH3 is 1. The molecule has 0 aromatic heterocycles. The topological polar surface area (TPSA) is 102 Å². The molecule has 1 aliphatic heterocycles. The van der Waals surface area contributed by atoms with Crippen molar-refractivity contribution in [2.24, 2.45) is 0 Å². The summed E-state index contributed by atoms with van der Waals surface area (Å²) in [5.41, 5.74) is 0.985. The number of benzene rings is 2. The Morgan fingerprint density at radius 2 is 1.51 bits per heavy atom. The molecule has 10 heteroatoms. The summed E-state index contributed by atoms with van der Waals surface area (Å²) >= 11 is 6.79. The van der Waals surface area contributed by atoms with Crippen LogP contribution in [0.15, 0.2) is 42.5 Å². The van der Waals surface area contributed by atoms with E-state index in [1.807, 2.05) is 49.4 Å². The Hall–Kier alpha value is -2.24. The molecule has 2 aromatic carbocycles. The fraction of sp³-hybridized carbons (Fsp3) is 0.649. The Morgan fingerprint density at radius 3 is 2.06 bits per heavy atom. The molecule has 1 saturated heterocycles. The van der Waals surface area contributed by atoms with Crippen molar-refractivity contribution in [1.82, 2.24) is 0 Å². The van der Waals surface area contributed by atoms with Crippen molar-refractivity contribution in [2.45, 2.75) is 109 Å². The molecule has 1 N–H and O–H groups in total. The van der Waals surface area contributed by atoms with Crippen molar-refractivity contribution >= 4 is 17.6 Å². The third kappa shape index (κ3) is 10.1. The van der Waals surface area contributed by atoms with Gasteiger partial charge in [-0.1, -0.05) is 69.8 Å². The van der Waals surface area contributed by atoms with E-state index in [1.54, 1.807) is 7.11 Å². The SMILES string of the molecule is CCCCO[C@@H]1[C@@H](OCCCC)[C@](OC)(c2ccc(Cl)c(Cc3ccc(OCC)cc3)c2)O[C@](CO)(COC(C)=O)[C@H]1OCCCC. The molecule has 5 atom stereocenters. The number of hydrogen-bond donors (Lipinski definition) is 1. The van der Waals surface area contributed by atoms with E-state index in [0.29, 0.717) is 43.4 Å². The molecule has 47 heavy (non-hydrogen) atoms. The van der Waals surface area contributed by atoms with Crippen molar-refractivity contribution in [3.63, 3.8) is 0 Å². The molecule has 0 radical (unpaired) electrons. The quantitative estimate of drug-likeness (QED) is 0.110. The minimum absolute atomic E-state index is 0.275. The van der Waals surface area contributed by atoms with E-state index in [4.69, 9.17) is 44.8 Å². The number of unbranched alkanes of at least 4 members (excludes halogenated alkanes) is 3. The highest BCUT2D eigenvalue weighted by molar-refractivity contribution is 6.31. The number of ether oxygens (including phenoxy) is 7. The van der Waals surface area contributed by atoms with Gasteiger partial charge in [0.2, 0.25) is 5.79 Å². The minimum Gasteiger partial charge on any atom is -0.494 e. The molecule has 3 rings (SSSR count). The van der Waals surface area contributed by atoms with E-state index >= 15 is 0 Å². The van der Waals surface area contributed by atoms with Gasteiger partial charge >= 0.3 is 5.97 Å². The van der Waals surface area contributed by atoms with Gasteiger partial charge < -0.3 is 38.3 Å². The molecule has 0 aliphatic carbocycles. The van der Waals surface area contributed by atoms with Gasteiger partial charge in [-0.2, -0.15) is 0 Å². The zero-order chi connectivity index (χ0) is 34.3. The number of halogens is 1. The molecule has 1 fully saturated rings. The highest BCUT2D eigenvalue weighted by Gasteiger charge is 2.64. The van der Waals surface area contributed by atoms with Crippen molar-refractivity contribution in [3.8, 4) is 5.75 Å². The molecule has 0 spiro atoms. The monoisotopic (exact) mass is 678 g/mol. The first kappa shape index (κ1) is 39.2. The number of esters is 1. The normalized spacial score (nSPS) is 24.3. The van der Waals surface area contributed by atoms with Gasteiger partial charge in [0.05, 0.1) is 13.2 Å². The summed E-state index contributed by atoms with van der Waals surface area (Å²) in [5.74, 6) is -1.29. The van der Waals surface area contributed by atoms with E-state index < -0.39 is 42.3 Å². The Labute approximate surface area is 286 Å². The Kier molecular flexibility index (Phi) is 16.4. The van der Waals surface area contributed by atoms with Crippen molar-refractivity contribution in [1.29, 1.82) is 0 Å². The summed E-state index contributed by atoms with van der Waals surface area (Å²) in [6.07, 6.45) is 3.32. The maximum Gasteiger partial charge on any atom is 0.302 e. The summed E-state index contributed by atoms with van der Waals surface area (Å²) in [4.78, 5) is 12.1. The molecular formula is C37H55ClO9. The fourth-order valence-corrected chi connectivity index (χ4v) is 6.00. The summed E-state index contributed by atoms with van der Waals surface area (Å²) in [7, 11) is 1.55. The minimum atomic E-state index is -1.59. The lowest BCUT2D eigenvalue weighted by atomic mass is 9.80. The van der Waals surface area contributed by atoms with Crippen molar-refractivity contribution in [3.05, 3.63) is 64.2 Å². The average molecular weight is 679 g/mol. The maximum absolute atomic E-state index is 12.1. The van der Waals surface area contributed by atoms with Gasteiger partial charge in [0.1, 0.15) is 30.7 Å². The molecule has 0 amide bonds. The van der Waals surface area contributed by atoms with Crippen LogP contribution >= 0.6 is 11.6 Å². The number of aliphatic hydroxyl groups excluding tert-OH is 1. The number of rotatable bonds is 21. The van der Waals surface area contributed by atoms with E-state index in [0.717, 1.165) is 55.4 Å². The predicted octanol–water partition coefficient (Wildman–Crippen LogP) is 7.01. The van der Waals surface area contributed by atoms with Gasteiger partial charge in [-0.25, -0.2) is 0 Å². The van der Waals surface area contributed by atoms with Crippen molar-refractivity contribution < 1.29 is 43.1 Å². The third-order valence-corrected chi connectivity index (χ3v) is 8.78. The van der Waals surface area contributed by atoms with Crippen molar-refractivity contribution in [2.75, 3.05) is 46.8 Å². The predicted molar refractivity (Wildman–Crippen MR) is 182 cm³/mol. The Bertz CT molecular complexity index is 1210. The summed E-state index contributed by atoms with van der Waals surface area (Å²) in [5, 5.41) is 11.7. The van der Waals surface area contributed by atoms with Crippen LogP contribution in [-0.4, -0.2) is 81.7 Å². The van der Waals surface area contributed by atoms with Crippen LogP contribution in [0.2, 0.25) is 5.02 Å². The molecular weight excluding hydrogens is 624 g/mol. The van der Waals surface area contributed by atoms with Crippen LogP contribution in [0.25, 0.3) is 0 Å². The van der Waals surface area contributed by atoms with Gasteiger partial charge in [-0.3, -0.25) is 4.79 Å². The van der Waals surface area contributed by atoms with E-state index in [1.165, 1.54) is 6.92 Å². The third-order valence-electron chi connectivity index (χ3n) is 8.41. The lowest BCUT2D eigenvalue weighted by Gasteiger charge is -2.56. The number of carbonyl (C=O) groups excluding carboxylic acids is 1. The first-order chi connectivity index (χ1) is 22.7. The van der Waals surface area contributed by atoms with Crippen LogP contribution in [-0.2, 0) is 45.4 Å². The second-order valence-electron chi connectivity index (χ2n) is 12.0. The summed E-state index contributed by atoms with van der Waals surface area (Å²) < 4.78 is 44.3. The van der Waals surface area contributed by atoms with Gasteiger partial charge in [-0.05, 0) is 68.0 Å². The summed E-state index contributed by atoms with van der Waals surface area (Å²) in [6.45, 7) is 10.6. The zero-order valence-corrected chi connectivity index (χ0v) is 29.8. The lowest BCUT2D eigenvalue weighted by Crippen LogP contribution is -2.73. The van der Waals surface area contributed by atoms with Gasteiger partial charge in [-0.15, -0.1) is 0 Å². The molecule has 0 saturated carbocycles. The van der Waals surface area contributed by atoms with Crippen LogP contribution in [0.3, 0.4) is 0 Å². The van der Waals surface area contributed by atoms with Gasteiger partial charge in [0.25, 0.3) is 0 Å². The Balaban J connectivity index is 2.20. The van der Waals surface area contributed by atoms with E-state index in [2.05, 4.69) is 20.8 Å². The first-order valence-electron chi connectivity index (χ1n) is 17.1. The standard InChI is InChI=1S/C37H55ClO9/c1-7-11-20-43-33-34(44-21-12-8-2)36(25-39,26-46-27(5)40)47-37(41-6,35(33)45-22-13-9-3)30-16-19-32(38)29(24-30)23-28-14-17-31(18-15-28)42-10-4/h14-19,24,33-35,39H,7-13,20-23,25-26H2,1-6H3/t33-,34-,35+,36+,37-/m0/s1. The first-order valence-corrected chi connectivity index (χ1v) is 17.5. The maximum atomic E-state index is 12.1. The van der Waals surface area contributed by atoms with E-state index in [9.17, 15) is 9.90 Å². The molecule has 264 valence electrons. The van der Waals surface area contributed by atoms with Crippen LogP contribution in [0, 0.1) is 0 Å². The van der Waals surface area contributed by atoms with Crippen LogP contribution in [0.1, 0.15) is 89.8 Å². The molecule has 2 aromatic rings. The molecule has 1 heterocycles. The molecule has 1 aliphatic rings. The fourth-order valence-electron chi connectivity index (χ4n) is 5.81. The highest BCUT2D eigenvalue weighted by Crippen LogP contribution is 2.48. The number of hydrogen-bond acceptors (Lipinski definition) is 9. The highest BCUT2D eigenvalue weighted by atomic mass is 35.5. The zero-order valence-electron chi connectivity index (χ0n) is 29.1. The second-order valence-corrected chi connectivity index (χ2v) is 12.4. The largest absolute Gasteiger partial charge is 0.494 e. The number of carbonyl (C=O) groups is 1. The van der Waals surface area contributed by atoms with Crippen LogP contribution < -0.4 is 4.74 Å². The smallest absolute Gasteiger partial charge is 0.302 e. The van der Waals surface area contributed by atoms with Gasteiger partial charge in [0.15, 0.2) is 5.60 Å². The summed E-state index contributed by atoms with van der Waals surface area (Å²) in [6, 6.07) is 13.5. The second kappa shape index (κ2) is 19.7. The average Bonchev–Trinajstić information content (AvgIpc) is 3.07. The Morgan fingerprint density at radius 1 is 0.894 bits per heavy atom. The van der Waals surface area contributed by atoms with E-state index in [-0.39, 0.29) is 6.61 Å². The molecule has 0 bridgehead atoms. The lowest BCUT2D eigenvalue weighted by molar-refractivity contribution is -0.414. The molecule has 9 nitrogen and oxygen atoms in total. The van der Waals surface area contributed by atoms with Crippen LogP contribution in [0.4, 0.5) is 0 Å². The number of aliphatic hydroxyl groups is 1. The van der Waals surface area contributed by atoms with Crippen LogP contribution in [0.5, 0.6) is 5.75 Å². The molecule has 0 unspecified atom stereocenters. The van der Waals surface area contributed by atoms with Gasteiger partial charge in [0, 0.05) is 44.4 Å².